The first-order valence-corrected chi connectivity index (χ1v) is 4.14. The van der Waals surface area contributed by atoms with E-state index in [2.05, 4.69) is 15.9 Å². The van der Waals surface area contributed by atoms with Gasteiger partial charge in [-0.2, -0.15) is 0 Å². The van der Waals surface area contributed by atoms with E-state index in [1.807, 2.05) is 0 Å². The van der Waals surface area contributed by atoms with Crippen molar-refractivity contribution in [3.8, 4) is 0 Å². The third kappa shape index (κ3) is 1.76. The number of benzene rings is 1. The normalized spacial score (nSPS) is 9.92. The van der Waals surface area contributed by atoms with Gasteiger partial charge in [0.15, 0.2) is 0 Å². The molecule has 0 aliphatic rings. The van der Waals surface area contributed by atoms with Crippen LogP contribution in [0.15, 0.2) is 16.6 Å². The Balaban J connectivity index is 3.37. The zero-order valence-corrected chi connectivity index (χ0v) is 8.12. The highest BCUT2D eigenvalue weighted by atomic mass is 79.9. The van der Waals surface area contributed by atoms with Gasteiger partial charge in [0.2, 0.25) is 5.91 Å². The van der Waals surface area contributed by atoms with Crippen LogP contribution in [0.3, 0.4) is 0 Å². The highest BCUT2D eigenvalue weighted by molar-refractivity contribution is 9.10. The molecule has 0 unspecified atom stereocenters. The monoisotopic (exact) mass is 251 g/mol. The maximum Gasteiger partial charge on any atom is 0.250 e. The van der Waals surface area contributed by atoms with Crippen molar-refractivity contribution in [2.75, 3.05) is 0 Å². The third-order valence-corrected chi connectivity index (χ3v) is 2.28. The van der Waals surface area contributed by atoms with Gasteiger partial charge in [-0.3, -0.25) is 4.79 Å². The number of hydrogen-bond donors (Lipinski definition) is 1. The summed E-state index contributed by atoms with van der Waals surface area (Å²) < 4.78 is 12.9. The summed E-state index contributed by atoms with van der Waals surface area (Å²) in [5.41, 5.74) is 5.00. The van der Waals surface area contributed by atoms with Gasteiger partial charge in [-0.15, -0.1) is 0 Å². The third-order valence-electron chi connectivity index (χ3n) is 1.26. The van der Waals surface area contributed by atoms with E-state index >= 15 is 0 Å². The van der Waals surface area contributed by atoms with E-state index in [4.69, 9.17) is 17.3 Å². The Morgan fingerprint density at radius 2 is 2.17 bits per heavy atom. The topological polar surface area (TPSA) is 43.1 Å². The van der Waals surface area contributed by atoms with Crippen LogP contribution in [0.25, 0.3) is 0 Å². The molecule has 12 heavy (non-hydrogen) atoms. The summed E-state index contributed by atoms with van der Waals surface area (Å²) in [6, 6.07) is 2.40. The van der Waals surface area contributed by atoms with Gasteiger partial charge >= 0.3 is 0 Å². The molecule has 0 atom stereocenters. The molecule has 64 valence electrons. The molecule has 0 aromatic heterocycles. The molecule has 0 spiro atoms. The molecule has 0 heterocycles. The van der Waals surface area contributed by atoms with Crippen molar-refractivity contribution in [1.29, 1.82) is 0 Å². The molecule has 1 rings (SSSR count). The van der Waals surface area contributed by atoms with Gasteiger partial charge in [-0.1, -0.05) is 11.6 Å². The molecule has 0 bridgehead atoms. The molecule has 5 heteroatoms. The molecule has 2 N–H and O–H groups in total. The second kappa shape index (κ2) is 3.41. The van der Waals surface area contributed by atoms with Gasteiger partial charge in [-0.25, -0.2) is 4.39 Å². The molecule has 0 saturated carbocycles. The minimum Gasteiger partial charge on any atom is -0.366 e. The summed E-state index contributed by atoms with van der Waals surface area (Å²) >= 11 is 8.38. The highest BCUT2D eigenvalue weighted by Crippen LogP contribution is 2.24. The zero-order valence-electron chi connectivity index (χ0n) is 5.77. The predicted octanol–water partition coefficient (Wildman–Crippen LogP) is 2.34. The number of rotatable bonds is 1. The van der Waals surface area contributed by atoms with Crippen molar-refractivity contribution >= 4 is 33.4 Å². The van der Waals surface area contributed by atoms with Crippen molar-refractivity contribution < 1.29 is 9.18 Å². The Morgan fingerprint density at radius 3 is 2.67 bits per heavy atom. The number of halogens is 3. The van der Waals surface area contributed by atoms with E-state index in [1.165, 1.54) is 6.07 Å². The number of nitrogens with two attached hydrogens (primary N) is 1. The second-order valence-corrected chi connectivity index (χ2v) is 3.34. The first kappa shape index (κ1) is 9.48. The van der Waals surface area contributed by atoms with Crippen molar-refractivity contribution in [2.24, 2.45) is 5.73 Å². The largest absolute Gasteiger partial charge is 0.366 e. The highest BCUT2D eigenvalue weighted by Gasteiger charge is 2.11. The Bertz CT molecular complexity index is 342. The number of hydrogen-bond acceptors (Lipinski definition) is 1. The maximum atomic E-state index is 12.9. The van der Waals surface area contributed by atoms with Gasteiger partial charge in [0.25, 0.3) is 0 Å². The fourth-order valence-electron chi connectivity index (χ4n) is 0.735. The summed E-state index contributed by atoms with van der Waals surface area (Å²) in [6.07, 6.45) is 0. The van der Waals surface area contributed by atoms with E-state index in [1.54, 1.807) is 0 Å². The van der Waals surface area contributed by atoms with Gasteiger partial charge in [0.1, 0.15) is 5.82 Å². The van der Waals surface area contributed by atoms with Crippen LogP contribution in [0.4, 0.5) is 4.39 Å². The first-order valence-electron chi connectivity index (χ1n) is 2.96. The van der Waals surface area contributed by atoms with Gasteiger partial charge in [0, 0.05) is 5.02 Å². The average Bonchev–Trinajstić information content (AvgIpc) is 1.96. The molecule has 0 fully saturated rings. The number of primary amides is 1. The number of carbonyl (C=O) groups is 1. The number of amides is 1. The Hall–Kier alpha value is -0.610. The zero-order chi connectivity index (χ0) is 9.30. The summed E-state index contributed by atoms with van der Waals surface area (Å²) in [6.45, 7) is 0. The molecule has 2 nitrogen and oxygen atoms in total. The minimum absolute atomic E-state index is 0.0411. The summed E-state index contributed by atoms with van der Waals surface area (Å²) in [4.78, 5) is 10.7. The molecular weight excluding hydrogens is 248 g/mol. The van der Waals surface area contributed by atoms with Crippen LogP contribution < -0.4 is 5.73 Å². The standard InChI is InChI=1S/C7H4BrClFNO/c8-6-4(7(11)12)1-3(9)2-5(6)10/h1-2H,(H2,11,12). The quantitative estimate of drug-likeness (QED) is 0.766. The van der Waals surface area contributed by atoms with Crippen LogP contribution in [0, 0.1) is 5.82 Å². The van der Waals surface area contributed by atoms with Gasteiger partial charge < -0.3 is 5.73 Å². The van der Waals surface area contributed by atoms with Crippen LogP contribution in [-0.4, -0.2) is 5.91 Å². The Kier molecular flexibility index (Phi) is 2.69. The maximum absolute atomic E-state index is 12.9. The van der Waals surface area contributed by atoms with Gasteiger partial charge in [0.05, 0.1) is 10.0 Å². The second-order valence-electron chi connectivity index (χ2n) is 2.11. The molecular formula is C7H4BrClFNO. The Labute approximate surface area is 81.6 Å². The summed E-state index contributed by atoms with van der Waals surface area (Å²) in [7, 11) is 0. The molecule has 1 amide bonds. The van der Waals surface area contributed by atoms with E-state index in [0.717, 1.165) is 6.07 Å². The van der Waals surface area contributed by atoms with Crippen molar-refractivity contribution in [1.82, 2.24) is 0 Å². The van der Waals surface area contributed by atoms with Crippen LogP contribution in [0.2, 0.25) is 5.02 Å². The average molecular weight is 252 g/mol. The fourth-order valence-corrected chi connectivity index (χ4v) is 1.36. The summed E-state index contributed by atoms with van der Waals surface area (Å²) in [5, 5.41) is 0.143. The fraction of sp³-hybridized carbons (Fsp3) is 0. The summed E-state index contributed by atoms with van der Waals surface area (Å²) in [5.74, 6) is -1.32. The van der Waals surface area contributed by atoms with Crippen molar-refractivity contribution in [2.45, 2.75) is 0 Å². The molecule has 1 aromatic carbocycles. The van der Waals surface area contributed by atoms with E-state index in [0.29, 0.717) is 0 Å². The van der Waals surface area contributed by atoms with Crippen LogP contribution in [-0.2, 0) is 0 Å². The minimum atomic E-state index is -0.719. The Morgan fingerprint density at radius 1 is 1.58 bits per heavy atom. The predicted molar refractivity (Wildman–Crippen MR) is 47.6 cm³/mol. The van der Waals surface area contributed by atoms with E-state index in [-0.39, 0.29) is 15.1 Å². The molecule has 0 saturated heterocycles. The van der Waals surface area contributed by atoms with Crippen LogP contribution in [0.1, 0.15) is 10.4 Å². The lowest BCUT2D eigenvalue weighted by Crippen LogP contribution is -2.12. The molecule has 0 aliphatic heterocycles. The molecule has 0 radical (unpaired) electrons. The van der Waals surface area contributed by atoms with E-state index < -0.39 is 11.7 Å². The molecule has 1 aromatic rings. The van der Waals surface area contributed by atoms with E-state index in [9.17, 15) is 9.18 Å². The van der Waals surface area contributed by atoms with Crippen molar-refractivity contribution in [3.63, 3.8) is 0 Å². The lowest BCUT2D eigenvalue weighted by molar-refractivity contribution is 0.0999. The lowest BCUT2D eigenvalue weighted by atomic mass is 10.2. The van der Waals surface area contributed by atoms with Crippen LogP contribution >= 0.6 is 27.5 Å². The van der Waals surface area contributed by atoms with Crippen LogP contribution in [0.5, 0.6) is 0 Å². The molecule has 0 aliphatic carbocycles. The van der Waals surface area contributed by atoms with Gasteiger partial charge in [-0.05, 0) is 28.1 Å². The smallest absolute Gasteiger partial charge is 0.250 e. The SMILES string of the molecule is NC(=O)c1cc(Cl)cc(F)c1Br. The lowest BCUT2D eigenvalue weighted by Gasteiger charge is -2.01. The van der Waals surface area contributed by atoms with Crippen molar-refractivity contribution in [3.05, 3.63) is 33.0 Å². The number of carbonyl (C=O) groups excluding carboxylic acids is 1. The first-order chi connectivity index (χ1) is 5.52.